The molecule has 3 rings (SSSR count). The van der Waals surface area contributed by atoms with Gasteiger partial charge in [0, 0.05) is 17.8 Å². The third kappa shape index (κ3) is 4.27. The molecule has 2 aromatic carbocycles. The number of carbonyl (C=O) groups is 1. The minimum Gasteiger partial charge on any atom is -0.352 e. The van der Waals surface area contributed by atoms with Gasteiger partial charge in [0.1, 0.15) is 0 Å². The quantitative estimate of drug-likeness (QED) is 0.565. The predicted octanol–water partition coefficient (Wildman–Crippen LogP) is 5.47. The van der Waals surface area contributed by atoms with Crippen molar-refractivity contribution >= 4 is 16.8 Å². The van der Waals surface area contributed by atoms with E-state index in [9.17, 15) is 4.79 Å². The maximum Gasteiger partial charge on any atom is 0.223 e. The van der Waals surface area contributed by atoms with Gasteiger partial charge in [0.2, 0.25) is 5.91 Å². The van der Waals surface area contributed by atoms with Crippen molar-refractivity contribution in [3.63, 3.8) is 0 Å². The van der Waals surface area contributed by atoms with E-state index in [0.29, 0.717) is 6.54 Å². The molecule has 0 atom stereocenters. The average Bonchev–Trinajstić information content (AvgIpc) is 3.09. The van der Waals surface area contributed by atoms with Gasteiger partial charge in [-0.1, -0.05) is 51.0 Å². The van der Waals surface area contributed by atoms with E-state index in [4.69, 9.17) is 0 Å². The zero-order chi connectivity index (χ0) is 20.1. The topological polar surface area (TPSA) is 46.9 Å². The first-order chi connectivity index (χ1) is 13.5. The van der Waals surface area contributed by atoms with Crippen LogP contribution in [-0.4, -0.2) is 15.7 Å². The van der Waals surface area contributed by atoms with Crippen LogP contribution in [-0.2, 0) is 11.3 Å². The summed E-state index contributed by atoms with van der Waals surface area (Å²) in [7, 11) is 0. The van der Waals surface area contributed by atoms with Crippen LogP contribution >= 0.6 is 0 Å². The molecule has 0 aliphatic heterocycles. The molecular formula is C24H31N3O. The lowest BCUT2D eigenvalue weighted by Crippen LogP contribution is -2.30. The molecule has 28 heavy (non-hydrogen) atoms. The molecule has 0 aliphatic carbocycles. The minimum atomic E-state index is 0.130. The van der Waals surface area contributed by atoms with Crippen LogP contribution in [0.5, 0.6) is 0 Å². The summed E-state index contributed by atoms with van der Waals surface area (Å²) in [5.74, 6) is 0.306. The molecule has 0 unspecified atom stereocenters. The van der Waals surface area contributed by atoms with Crippen LogP contribution in [0.15, 0.2) is 42.6 Å². The molecule has 0 fully saturated rings. The summed E-state index contributed by atoms with van der Waals surface area (Å²) in [6.07, 6.45) is 5.91. The number of nitrogens with one attached hydrogen (secondary N) is 1. The standard InChI is InChI=1S/C24H31N3O/c1-5-8-20(9-6-2)24(28)25-15-19-12-13-22-21(14-19)16-26-27(22)23-17(3)10-7-11-18(23)4/h7,10-14,16,20H,5-6,8-9,15H2,1-4H3,(H,25,28). The lowest BCUT2D eigenvalue weighted by molar-refractivity contribution is -0.125. The van der Waals surface area contributed by atoms with Gasteiger partial charge < -0.3 is 5.32 Å². The largest absolute Gasteiger partial charge is 0.352 e. The highest BCUT2D eigenvalue weighted by molar-refractivity contribution is 5.82. The molecule has 1 heterocycles. The number of hydrogen-bond acceptors (Lipinski definition) is 2. The number of amides is 1. The summed E-state index contributed by atoms with van der Waals surface area (Å²) in [5, 5.41) is 8.84. The highest BCUT2D eigenvalue weighted by atomic mass is 16.1. The summed E-state index contributed by atoms with van der Waals surface area (Å²) in [6, 6.07) is 12.6. The second-order valence-electron chi connectivity index (χ2n) is 7.68. The average molecular weight is 378 g/mol. The molecule has 4 heteroatoms. The molecular weight excluding hydrogens is 346 g/mol. The summed E-state index contributed by atoms with van der Waals surface area (Å²) < 4.78 is 2.01. The number of benzene rings is 2. The molecule has 1 N–H and O–H groups in total. The van der Waals surface area contributed by atoms with Crippen molar-refractivity contribution in [3.8, 4) is 5.69 Å². The molecule has 1 aromatic heterocycles. The third-order valence-electron chi connectivity index (χ3n) is 5.40. The SMILES string of the molecule is CCCC(CCC)C(=O)NCc1ccc2c(cnn2-c2c(C)cccc2C)c1. The zero-order valence-electron chi connectivity index (χ0n) is 17.5. The van der Waals surface area contributed by atoms with Gasteiger partial charge >= 0.3 is 0 Å². The smallest absolute Gasteiger partial charge is 0.223 e. The van der Waals surface area contributed by atoms with Crippen molar-refractivity contribution in [1.29, 1.82) is 0 Å². The zero-order valence-corrected chi connectivity index (χ0v) is 17.5. The van der Waals surface area contributed by atoms with Crippen molar-refractivity contribution < 1.29 is 4.79 Å². The summed E-state index contributed by atoms with van der Waals surface area (Å²) in [5.41, 5.74) is 5.75. The Morgan fingerprint density at radius 1 is 1.07 bits per heavy atom. The van der Waals surface area contributed by atoms with Gasteiger partial charge in [0.05, 0.1) is 17.4 Å². The van der Waals surface area contributed by atoms with Gasteiger partial charge in [-0.15, -0.1) is 0 Å². The van der Waals surface area contributed by atoms with Gasteiger partial charge in [-0.2, -0.15) is 5.10 Å². The molecule has 0 saturated heterocycles. The molecule has 3 aromatic rings. The van der Waals surface area contributed by atoms with Crippen LogP contribution in [0.25, 0.3) is 16.6 Å². The van der Waals surface area contributed by atoms with E-state index in [-0.39, 0.29) is 11.8 Å². The summed E-state index contributed by atoms with van der Waals surface area (Å²) in [6.45, 7) is 9.06. The monoisotopic (exact) mass is 377 g/mol. The molecule has 148 valence electrons. The molecule has 4 nitrogen and oxygen atoms in total. The first-order valence-corrected chi connectivity index (χ1v) is 10.4. The van der Waals surface area contributed by atoms with Crippen molar-refractivity contribution in [1.82, 2.24) is 15.1 Å². The van der Waals surface area contributed by atoms with Crippen molar-refractivity contribution in [2.75, 3.05) is 0 Å². The summed E-state index contributed by atoms with van der Waals surface area (Å²) >= 11 is 0. The fraction of sp³-hybridized carbons (Fsp3) is 0.417. The van der Waals surface area contributed by atoms with E-state index in [2.05, 4.69) is 74.5 Å². The van der Waals surface area contributed by atoms with Crippen LogP contribution < -0.4 is 5.32 Å². The number of para-hydroxylation sites is 1. The minimum absolute atomic E-state index is 0.130. The maximum absolute atomic E-state index is 12.5. The van der Waals surface area contributed by atoms with E-state index in [1.54, 1.807) is 0 Å². The van der Waals surface area contributed by atoms with Crippen LogP contribution in [0.1, 0.15) is 56.2 Å². The summed E-state index contributed by atoms with van der Waals surface area (Å²) in [4.78, 5) is 12.5. The Hall–Kier alpha value is -2.62. The van der Waals surface area contributed by atoms with Gasteiger partial charge in [0.15, 0.2) is 0 Å². The van der Waals surface area contributed by atoms with E-state index >= 15 is 0 Å². The first kappa shape index (κ1) is 20.1. The normalized spacial score (nSPS) is 11.3. The van der Waals surface area contributed by atoms with Crippen LogP contribution in [0.2, 0.25) is 0 Å². The fourth-order valence-corrected chi connectivity index (χ4v) is 3.95. The van der Waals surface area contributed by atoms with Crippen LogP contribution in [0, 0.1) is 19.8 Å². The van der Waals surface area contributed by atoms with Crippen molar-refractivity contribution in [2.45, 2.75) is 59.9 Å². The number of aryl methyl sites for hydroxylation is 2. The van der Waals surface area contributed by atoms with Crippen molar-refractivity contribution in [2.24, 2.45) is 5.92 Å². The second kappa shape index (κ2) is 9.05. The number of aromatic nitrogens is 2. The highest BCUT2D eigenvalue weighted by Gasteiger charge is 2.16. The number of fused-ring (bicyclic) bond motifs is 1. The number of rotatable bonds is 8. The van der Waals surface area contributed by atoms with Gasteiger partial charge in [-0.25, -0.2) is 4.68 Å². The van der Waals surface area contributed by atoms with Crippen LogP contribution in [0.4, 0.5) is 0 Å². The highest BCUT2D eigenvalue weighted by Crippen LogP contribution is 2.24. The van der Waals surface area contributed by atoms with Crippen LogP contribution in [0.3, 0.4) is 0 Å². The Kier molecular flexibility index (Phi) is 6.50. The Morgan fingerprint density at radius 2 is 1.75 bits per heavy atom. The van der Waals surface area contributed by atoms with E-state index in [0.717, 1.165) is 47.8 Å². The lowest BCUT2D eigenvalue weighted by Gasteiger charge is -2.15. The third-order valence-corrected chi connectivity index (χ3v) is 5.40. The number of nitrogens with zero attached hydrogens (tertiary/aromatic N) is 2. The predicted molar refractivity (Wildman–Crippen MR) is 116 cm³/mol. The maximum atomic E-state index is 12.5. The Labute approximate surface area is 168 Å². The molecule has 0 aliphatic rings. The Bertz CT molecular complexity index is 931. The van der Waals surface area contributed by atoms with Crippen molar-refractivity contribution in [3.05, 3.63) is 59.3 Å². The Balaban J connectivity index is 1.78. The lowest BCUT2D eigenvalue weighted by atomic mass is 9.97. The number of carbonyl (C=O) groups excluding carboxylic acids is 1. The van der Waals surface area contributed by atoms with E-state index in [1.165, 1.54) is 11.1 Å². The second-order valence-corrected chi connectivity index (χ2v) is 7.68. The molecule has 0 radical (unpaired) electrons. The van der Waals surface area contributed by atoms with E-state index in [1.807, 2.05) is 10.9 Å². The first-order valence-electron chi connectivity index (χ1n) is 10.4. The van der Waals surface area contributed by atoms with Gasteiger partial charge in [0.25, 0.3) is 0 Å². The molecule has 1 amide bonds. The Morgan fingerprint density at radius 3 is 2.39 bits per heavy atom. The number of hydrogen-bond donors (Lipinski definition) is 1. The molecule has 0 bridgehead atoms. The van der Waals surface area contributed by atoms with Gasteiger partial charge in [-0.05, 0) is 55.5 Å². The van der Waals surface area contributed by atoms with Gasteiger partial charge in [-0.3, -0.25) is 4.79 Å². The molecule has 0 spiro atoms. The molecule has 0 saturated carbocycles. The van der Waals surface area contributed by atoms with E-state index < -0.39 is 0 Å². The fourth-order valence-electron chi connectivity index (χ4n) is 3.95.